The molecule has 5 heteroatoms. The van der Waals surface area contributed by atoms with Crippen molar-refractivity contribution in [3.05, 3.63) is 47.8 Å². The van der Waals surface area contributed by atoms with Gasteiger partial charge in [-0.2, -0.15) is 5.10 Å². The Morgan fingerprint density at radius 3 is 2.94 bits per heavy atom. The lowest BCUT2D eigenvalue weighted by Crippen LogP contribution is -2.27. The first-order valence-electron chi connectivity index (χ1n) is 5.71. The Morgan fingerprint density at radius 2 is 2.28 bits per heavy atom. The van der Waals surface area contributed by atoms with Crippen LogP contribution >= 0.6 is 0 Å². The summed E-state index contributed by atoms with van der Waals surface area (Å²) >= 11 is 0. The van der Waals surface area contributed by atoms with E-state index >= 15 is 0 Å². The number of benzene rings is 1. The maximum absolute atomic E-state index is 11.8. The second-order valence-corrected chi connectivity index (χ2v) is 4.13. The van der Waals surface area contributed by atoms with E-state index in [9.17, 15) is 9.90 Å². The van der Waals surface area contributed by atoms with Gasteiger partial charge in [-0.3, -0.25) is 9.89 Å². The van der Waals surface area contributed by atoms with Crippen molar-refractivity contribution in [2.45, 2.75) is 19.4 Å². The second kappa shape index (κ2) is 5.35. The van der Waals surface area contributed by atoms with Gasteiger partial charge in [0.25, 0.3) is 0 Å². The summed E-state index contributed by atoms with van der Waals surface area (Å²) in [7, 11) is 0. The number of amides is 1. The number of hydrogen-bond acceptors (Lipinski definition) is 3. The number of phenols is 1. The van der Waals surface area contributed by atoms with Gasteiger partial charge in [-0.05, 0) is 13.0 Å². The minimum Gasteiger partial charge on any atom is -0.508 e. The van der Waals surface area contributed by atoms with Crippen LogP contribution in [0.3, 0.4) is 0 Å². The Morgan fingerprint density at radius 1 is 1.50 bits per heavy atom. The van der Waals surface area contributed by atoms with E-state index in [0.717, 1.165) is 5.56 Å². The third-order valence-electron chi connectivity index (χ3n) is 2.74. The number of aromatic hydroxyl groups is 1. The van der Waals surface area contributed by atoms with Crippen molar-refractivity contribution in [2.75, 3.05) is 0 Å². The van der Waals surface area contributed by atoms with Crippen molar-refractivity contribution in [1.29, 1.82) is 0 Å². The molecule has 0 aliphatic rings. The van der Waals surface area contributed by atoms with Gasteiger partial charge < -0.3 is 10.4 Å². The van der Waals surface area contributed by atoms with E-state index in [0.29, 0.717) is 5.56 Å². The maximum Gasteiger partial charge on any atom is 0.225 e. The van der Waals surface area contributed by atoms with Crippen LogP contribution in [0.15, 0.2) is 36.7 Å². The minimum absolute atomic E-state index is 0.109. The summed E-state index contributed by atoms with van der Waals surface area (Å²) in [6, 6.07) is 6.72. The monoisotopic (exact) mass is 245 g/mol. The summed E-state index contributed by atoms with van der Waals surface area (Å²) < 4.78 is 0. The maximum atomic E-state index is 11.8. The van der Waals surface area contributed by atoms with E-state index in [1.807, 2.05) is 6.92 Å². The lowest BCUT2D eigenvalue weighted by molar-refractivity contribution is -0.121. The molecule has 3 N–H and O–H groups in total. The molecule has 1 aromatic carbocycles. The van der Waals surface area contributed by atoms with Crippen LogP contribution in [0.4, 0.5) is 0 Å². The molecule has 2 rings (SSSR count). The number of carbonyl (C=O) groups is 1. The summed E-state index contributed by atoms with van der Waals surface area (Å²) in [6.07, 6.45) is 3.57. The molecule has 0 saturated carbocycles. The molecular formula is C13H15N3O2. The molecule has 1 unspecified atom stereocenters. The van der Waals surface area contributed by atoms with Gasteiger partial charge >= 0.3 is 0 Å². The van der Waals surface area contributed by atoms with E-state index in [4.69, 9.17) is 0 Å². The first-order valence-corrected chi connectivity index (χ1v) is 5.71. The summed E-state index contributed by atoms with van der Waals surface area (Å²) in [5.74, 6) is 0.00816. The van der Waals surface area contributed by atoms with Crippen LogP contribution < -0.4 is 5.32 Å². The Labute approximate surface area is 105 Å². The highest BCUT2D eigenvalue weighted by atomic mass is 16.3. The van der Waals surface area contributed by atoms with Gasteiger partial charge in [0.1, 0.15) is 5.75 Å². The fourth-order valence-corrected chi connectivity index (χ4v) is 1.71. The fraction of sp³-hybridized carbons (Fsp3) is 0.231. The molecule has 2 aromatic rings. The largest absolute Gasteiger partial charge is 0.508 e. The van der Waals surface area contributed by atoms with Gasteiger partial charge in [0.2, 0.25) is 5.91 Å². The first-order chi connectivity index (χ1) is 8.66. The van der Waals surface area contributed by atoms with Crippen molar-refractivity contribution in [1.82, 2.24) is 15.5 Å². The molecule has 18 heavy (non-hydrogen) atoms. The number of phenolic OH excluding ortho intramolecular Hbond substituents is 1. The highest BCUT2D eigenvalue weighted by Gasteiger charge is 2.12. The third kappa shape index (κ3) is 2.88. The number of hydrogen-bond donors (Lipinski definition) is 3. The van der Waals surface area contributed by atoms with Crippen LogP contribution in [0, 0.1) is 0 Å². The number of nitrogens with zero attached hydrogens (tertiary/aromatic N) is 1. The van der Waals surface area contributed by atoms with Gasteiger partial charge in [-0.15, -0.1) is 0 Å². The SMILES string of the molecule is CC(NC(=O)Cc1ccccc1O)c1cn[nH]c1. The number of para-hydroxylation sites is 1. The van der Waals surface area contributed by atoms with Crippen molar-refractivity contribution in [3.63, 3.8) is 0 Å². The van der Waals surface area contributed by atoms with Gasteiger partial charge in [0, 0.05) is 17.3 Å². The predicted octanol–water partition coefficient (Wildman–Crippen LogP) is 1.54. The Bertz CT molecular complexity index is 523. The lowest BCUT2D eigenvalue weighted by Gasteiger charge is -2.12. The molecule has 0 spiro atoms. The van der Waals surface area contributed by atoms with Gasteiger partial charge in [-0.1, -0.05) is 18.2 Å². The normalized spacial score (nSPS) is 12.1. The third-order valence-corrected chi connectivity index (χ3v) is 2.74. The van der Waals surface area contributed by atoms with Crippen molar-refractivity contribution < 1.29 is 9.90 Å². The van der Waals surface area contributed by atoms with E-state index in [1.165, 1.54) is 0 Å². The Hall–Kier alpha value is -2.30. The van der Waals surface area contributed by atoms with E-state index in [2.05, 4.69) is 15.5 Å². The number of aromatic nitrogens is 2. The van der Waals surface area contributed by atoms with Crippen LogP contribution in [-0.4, -0.2) is 21.2 Å². The molecule has 0 radical (unpaired) electrons. The number of carbonyl (C=O) groups excluding carboxylic acids is 1. The first kappa shape index (κ1) is 12.2. The van der Waals surface area contributed by atoms with Crippen molar-refractivity contribution >= 4 is 5.91 Å². The minimum atomic E-state index is -0.134. The zero-order valence-electron chi connectivity index (χ0n) is 10.1. The molecule has 0 fully saturated rings. The smallest absolute Gasteiger partial charge is 0.225 e. The molecule has 1 amide bonds. The number of aromatic amines is 1. The molecule has 94 valence electrons. The molecule has 0 saturated heterocycles. The van der Waals surface area contributed by atoms with Crippen LogP contribution in [0.5, 0.6) is 5.75 Å². The number of H-pyrrole nitrogens is 1. The molecule has 1 atom stereocenters. The van der Waals surface area contributed by atoms with Crippen LogP contribution in [-0.2, 0) is 11.2 Å². The van der Waals surface area contributed by atoms with Crippen molar-refractivity contribution in [2.24, 2.45) is 0 Å². The second-order valence-electron chi connectivity index (χ2n) is 4.13. The van der Waals surface area contributed by atoms with Crippen LogP contribution in [0.25, 0.3) is 0 Å². The topological polar surface area (TPSA) is 78.0 Å². The van der Waals surface area contributed by atoms with Crippen LogP contribution in [0.2, 0.25) is 0 Å². The summed E-state index contributed by atoms with van der Waals surface area (Å²) in [5, 5.41) is 19.0. The molecule has 1 heterocycles. The zero-order chi connectivity index (χ0) is 13.0. The number of rotatable bonds is 4. The zero-order valence-corrected chi connectivity index (χ0v) is 10.1. The number of nitrogens with one attached hydrogen (secondary N) is 2. The van der Waals surface area contributed by atoms with E-state index in [1.54, 1.807) is 36.7 Å². The average Bonchev–Trinajstić information content (AvgIpc) is 2.85. The van der Waals surface area contributed by atoms with Gasteiger partial charge in [-0.25, -0.2) is 0 Å². The van der Waals surface area contributed by atoms with Crippen LogP contribution in [0.1, 0.15) is 24.1 Å². The van der Waals surface area contributed by atoms with Gasteiger partial charge in [0.15, 0.2) is 0 Å². The summed E-state index contributed by atoms with van der Waals surface area (Å²) in [4.78, 5) is 11.8. The fourth-order valence-electron chi connectivity index (χ4n) is 1.71. The summed E-state index contributed by atoms with van der Waals surface area (Å²) in [5.41, 5.74) is 1.54. The lowest BCUT2D eigenvalue weighted by atomic mass is 10.1. The molecule has 0 bridgehead atoms. The molecule has 0 aliphatic carbocycles. The highest BCUT2D eigenvalue weighted by Crippen LogP contribution is 2.16. The van der Waals surface area contributed by atoms with E-state index in [-0.39, 0.29) is 24.1 Å². The quantitative estimate of drug-likeness (QED) is 0.764. The average molecular weight is 245 g/mol. The molecule has 5 nitrogen and oxygen atoms in total. The predicted molar refractivity (Wildman–Crippen MR) is 67.0 cm³/mol. The molecule has 1 aromatic heterocycles. The summed E-state index contributed by atoms with van der Waals surface area (Å²) in [6.45, 7) is 1.88. The molecule has 0 aliphatic heterocycles. The molecular weight excluding hydrogens is 230 g/mol. The Kier molecular flexibility index (Phi) is 3.62. The highest BCUT2D eigenvalue weighted by molar-refractivity contribution is 5.79. The standard InChI is InChI=1S/C13H15N3O2/c1-9(11-7-14-15-8-11)16-13(18)6-10-4-2-3-5-12(10)17/h2-5,7-9,17H,6H2,1H3,(H,14,15)(H,16,18). The van der Waals surface area contributed by atoms with E-state index < -0.39 is 0 Å². The van der Waals surface area contributed by atoms with Gasteiger partial charge in [0.05, 0.1) is 18.7 Å². The Balaban J connectivity index is 1.95. The van der Waals surface area contributed by atoms with Crippen molar-refractivity contribution in [3.8, 4) is 5.75 Å².